The molecular weight excluding hydrogens is 254 g/mol. The molecule has 18 heavy (non-hydrogen) atoms. The molecule has 0 aliphatic rings. The minimum Gasteiger partial charge on any atom is -0.359 e. The van der Waals surface area contributed by atoms with Crippen molar-refractivity contribution in [1.29, 1.82) is 0 Å². The molecule has 0 saturated heterocycles. The van der Waals surface area contributed by atoms with E-state index in [1.807, 2.05) is 18.2 Å². The van der Waals surface area contributed by atoms with Crippen molar-refractivity contribution < 1.29 is 12.9 Å². The van der Waals surface area contributed by atoms with Gasteiger partial charge in [0.15, 0.2) is 5.76 Å². The number of nitrogens with zero attached hydrogens (tertiary/aromatic N) is 3. The van der Waals surface area contributed by atoms with Crippen LogP contribution in [0.5, 0.6) is 0 Å². The number of sulfonamides is 1. The maximum atomic E-state index is 11.3. The Hall–Kier alpha value is -1.73. The lowest BCUT2D eigenvalue weighted by atomic mass is 10.2. The predicted octanol–water partition coefficient (Wildman–Crippen LogP) is 1.13. The summed E-state index contributed by atoms with van der Waals surface area (Å²) >= 11 is 0. The number of pyridine rings is 1. The van der Waals surface area contributed by atoms with E-state index in [-0.39, 0.29) is 6.54 Å². The average Bonchev–Trinajstić information content (AvgIpc) is 2.77. The second-order valence-electron chi connectivity index (χ2n) is 3.91. The molecule has 0 fully saturated rings. The molecule has 2 heterocycles. The Kier molecular flexibility index (Phi) is 3.44. The van der Waals surface area contributed by atoms with Crippen molar-refractivity contribution in [3.63, 3.8) is 0 Å². The van der Waals surface area contributed by atoms with Crippen LogP contribution < -0.4 is 0 Å². The van der Waals surface area contributed by atoms with Gasteiger partial charge in [-0.1, -0.05) is 11.2 Å². The highest BCUT2D eigenvalue weighted by molar-refractivity contribution is 7.88. The maximum absolute atomic E-state index is 11.3. The quantitative estimate of drug-likeness (QED) is 0.830. The zero-order valence-electron chi connectivity index (χ0n) is 10.1. The van der Waals surface area contributed by atoms with Crippen molar-refractivity contribution in [3.8, 4) is 11.4 Å². The first kappa shape index (κ1) is 12.7. The average molecular weight is 267 g/mol. The molecule has 0 atom stereocenters. The summed E-state index contributed by atoms with van der Waals surface area (Å²) in [7, 11) is -1.74. The third-order valence-electron chi connectivity index (χ3n) is 2.43. The van der Waals surface area contributed by atoms with Crippen LogP contribution in [0.1, 0.15) is 5.76 Å². The SMILES string of the molecule is CN(Cc1cc(-c2ccccn2)no1)S(C)(=O)=O. The molecule has 6 nitrogen and oxygen atoms in total. The third-order valence-corrected chi connectivity index (χ3v) is 3.69. The molecule has 2 aromatic heterocycles. The summed E-state index contributed by atoms with van der Waals surface area (Å²) in [4.78, 5) is 4.14. The van der Waals surface area contributed by atoms with Crippen LogP contribution in [0.2, 0.25) is 0 Å². The van der Waals surface area contributed by atoms with E-state index in [9.17, 15) is 8.42 Å². The van der Waals surface area contributed by atoms with E-state index in [2.05, 4.69) is 10.1 Å². The van der Waals surface area contributed by atoms with Crippen LogP contribution in [-0.4, -0.2) is 36.2 Å². The Labute approximate surface area is 105 Å². The molecule has 0 N–H and O–H groups in total. The molecule has 0 amide bonds. The molecule has 7 heteroatoms. The first-order chi connectivity index (χ1) is 8.47. The van der Waals surface area contributed by atoms with E-state index in [4.69, 9.17) is 4.52 Å². The van der Waals surface area contributed by atoms with Crippen molar-refractivity contribution in [3.05, 3.63) is 36.2 Å². The minimum atomic E-state index is -3.23. The van der Waals surface area contributed by atoms with Crippen LogP contribution in [0.25, 0.3) is 11.4 Å². The third kappa shape index (κ3) is 2.93. The summed E-state index contributed by atoms with van der Waals surface area (Å²) in [6, 6.07) is 7.15. The zero-order chi connectivity index (χ0) is 13.2. The molecular formula is C11H13N3O3S. The maximum Gasteiger partial charge on any atom is 0.211 e. The summed E-state index contributed by atoms with van der Waals surface area (Å²) < 4.78 is 28.8. The van der Waals surface area contributed by atoms with Gasteiger partial charge in [-0.3, -0.25) is 4.98 Å². The predicted molar refractivity (Wildman–Crippen MR) is 66.0 cm³/mol. The Morgan fingerprint density at radius 2 is 2.11 bits per heavy atom. The largest absolute Gasteiger partial charge is 0.359 e. The van der Waals surface area contributed by atoms with Gasteiger partial charge < -0.3 is 4.52 Å². The van der Waals surface area contributed by atoms with Crippen molar-refractivity contribution in [1.82, 2.24) is 14.4 Å². The topological polar surface area (TPSA) is 76.3 Å². The van der Waals surface area contributed by atoms with Crippen LogP contribution >= 0.6 is 0 Å². The first-order valence-corrected chi connectivity index (χ1v) is 7.10. The lowest BCUT2D eigenvalue weighted by Gasteiger charge is -2.10. The molecule has 0 bridgehead atoms. The van der Waals surface area contributed by atoms with Gasteiger partial charge in [-0.05, 0) is 12.1 Å². The molecule has 0 aliphatic carbocycles. The smallest absolute Gasteiger partial charge is 0.211 e. The highest BCUT2D eigenvalue weighted by atomic mass is 32.2. The Morgan fingerprint density at radius 3 is 2.72 bits per heavy atom. The lowest BCUT2D eigenvalue weighted by Crippen LogP contribution is -2.24. The van der Waals surface area contributed by atoms with Gasteiger partial charge in [-0.2, -0.15) is 4.31 Å². The van der Waals surface area contributed by atoms with Gasteiger partial charge >= 0.3 is 0 Å². The second-order valence-corrected chi connectivity index (χ2v) is 6.00. The van der Waals surface area contributed by atoms with Crippen LogP contribution in [0.3, 0.4) is 0 Å². The van der Waals surface area contributed by atoms with Crippen molar-refractivity contribution in [2.24, 2.45) is 0 Å². The van der Waals surface area contributed by atoms with Gasteiger partial charge in [-0.25, -0.2) is 8.42 Å². The van der Waals surface area contributed by atoms with Gasteiger partial charge in [0, 0.05) is 19.3 Å². The van der Waals surface area contributed by atoms with Crippen LogP contribution in [0, 0.1) is 0 Å². The molecule has 2 aromatic rings. The molecule has 96 valence electrons. The number of hydrogen-bond acceptors (Lipinski definition) is 5. The number of aromatic nitrogens is 2. The molecule has 0 aliphatic heterocycles. The Balaban J connectivity index is 2.17. The van der Waals surface area contributed by atoms with Crippen LogP contribution in [-0.2, 0) is 16.6 Å². The summed E-state index contributed by atoms with van der Waals surface area (Å²) in [6.07, 6.45) is 2.80. The van der Waals surface area contributed by atoms with Crippen molar-refractivity contribution in [2.45, 2.75) is 6.54 Å². The van der Waals surface area contributed by atoms with E-state index in [0.29, 0.717) is 17.1 Å². The zero-order valence-corrected chi connectivity index (χ0v) is 10.9. The van der Waals surface area contributed by atoms with E-state index in [1.165, 1.54) is 11.4 Å². The van der Waals surface area contributed by atoms with Gasteiger partial charge in [-0.15, -0.1) is 0 Å². The van der Waals surface area contributed by atoms with E-state index < -0.39 is 10.0 Å². The highest BCUT2D eigenvalue weighted by Crippen LogP contribution is 2.17. The van der Waals surface area contributed by atoms with E-state index in [1.54, 1.807) is 12.3 Å². The molecule has 0 radical (unpaired) electrons. The normalized spacial score (nSPS) is 11.9. The lowest BCUT2D eigenvalue weighted by molar-refractivity contribution is 0.345. The van der Waals surface area contributed by atoms with Gasteiger partial charge in [0.1, 0.15) is 5.69 Å². The minimum absolute atomic E-state index is 0.151. The molecule has 0 spiro atoms. The first-order valence-electron chi connectivity index (χ1n) is 5.25. The molecule has 0 aromatic carbocycles. The fraction of sp³-hybridized carbons (Fsp3) is 0.273. The summed E-state index contributed by atoms with van der Waals surface area (Å²) in [6.45, 7) is 0.151. The van der Waals surface area contributed by atoms with Crippen LogP contribution in [0.15, 0.2) is 35.0 Å². The number of hydrogen-bond donors (Lipinski definition) is 0. The van der Waals surface area contributed by atoms with E-state index in [0.717, 1.165) is 6.26 Å². The summed E-state index contributed by atoms with van der Waals surface area (Å²) in [5.41, 5.74) is 1.28. The van der Waals surface area contributed by atoms with E-state index >= 15 is 0 Å². The van der Waals surface area contributed by atoms with Gasteiger partial charge in [0.25, 0.3) is 0 Å². The summed E-state index contributed by atoms with van der Waals surface area (Å²) in [5, 5.41) is 3.86. The van der Waals surface area contributed by atoms with Crippen molar-refractivity contribution in [2.75, 3.05) is 13.3 Å². The number of rotatable bonds is 4. The van der Waals surface area contributed by atoms with Gasteiger partial charge in [0.05, 0.1) is 18.5 Å². The summed E-state index contributed by atoms with van der Waals surface area (Å²) in [5.74, 6) is 0.476. The molecule has 0 saturated carbocycles. The fourth-order valence-electron chi connectivity index (χ4n) is 1.36. The second kappa shape index (κ2) is 4.87. The highest BCUT2D eigenvalue weighted by Gasteiger charge is 2.15. The Bertz CT molecular complexity index is 622. The fourth-order valence-corrected chi connectivity index (χ4v) is 1.72. The van der Waals surface area contributed by atoms with Gasteiger partial charge in [0.2, 0.25) is 10.0 Å². The monoisotopic (exact) mass is 267 g/mol. The molecule has 0 unspecified atom stereocenters. The van der Waals surface area contributed by atoms with Crippen LogP contribution in [0.4, 0.5) is 0 Å². The Morgan fingerprint density at radius 1 is 1.33 bits per heavy atom. The molecule has 2 rings (SSSR count). The standard InChI is InChI=1S/C11H13N3O3S/c1-14(18(2,15)16)8-9-7-11(13-17-9)10-5-3-4-6-12-10/h3-7H,8H2,1-2H3. The van der Waals surface area contributed by atoms with Crippen molar-refractivity contribution >= 4 is 10.0 Å².